The molecule has 1 amide bonds. The Morgan fingerprint density at radius 3 is 2.62 bits per heavy atom. The van der Waals surface area contributed by atoms with Crippen molar-refractivity contribution < 1.29 is 13.2 Å². The van der Waals surface area contributed by atoms with Crippen molar-refractivity contribution in [1.82, 2.24) is 20.2 Å². The zero-order valence-corrected chi connectivity index (χ0v) is 21.7. The van der Waals surface area contributed by atoms with Crippen LogP contribution in [0.3, 0.4) is 0 Å². The third kappa shape index (κ3) is 3.59. The predicted molar refractivity (Wildman–Crippen MR) is 144 cm³/mol. The van der Waals surface area contributed by atoms with Crippen LogP contribution in [0.15, 0.2) is 59.5 Å². The summed E-state index contributed by atoms with van der Waals surface area (Å²) in [4.78, 5) is 23.0. The molecule has 0 radical (unpaired) electrons. The van der Waals surface area contributed by atoms with Crippen molar-refractivity contribution >= 4 is 49.2 Å². The molecule has 0 saturated carbocycles. The lowest BCUT2D eigenvalue weighted by molar-refractivity contribution is -0.122. The van der Waals surface area contributed by atoms with Crippen LogP contribution in [-0.2, 0) is 20.2 Å². The molecule has 6 rings (SSSR count). The standard InChI is InChI=1S/C27H26N6O3S/c1-5-33-23-14-22-21(13-19(23)27(3,4)26(33)34)28-25(29-22)24-18-12-16(9-10-20(18)30-31-24)32-37(35,36)17-8-6-7-15(2)11-17/h6-14,32H,5H2,1-4H3,(H,28,29)(H,30,31). The number of likely N-dealkylation sites (N-methyl/N-ethyl adjacent to an activating group) is 1. The van der Waals surface area contributed by atoms with E-state index in [9.17, 15) is 13.2 Å². The average molecular weight is 515 g/mol. The fraction of sp³-hybridized carbons (Fsp3) is 0.222. The number of sulfonamides is 1. The number of rotatable bonds is 5. The molecule has 9 nitrogen and oxygen atoms in total. The fourth-order valence-corrected chi connectivity index (χ4v) is 6.17. The highest BCUT2D eigenvalue weighted by atomic mass is 32.2. The summed E-state index contributed by atoms with van der Waals surface area (Å²) in [6, 6.07) is 15.9. The molecule has 0 aliphatic carbocycles. The van der Waals surface area contributed by atoms with E-state index in [-0.39, 0.29) is 10.8 Å². The number of hydrogen-bond acceptors (Lipinski definition) is 5. The molecule has 3 N–H and O–H groups in total. The van der Waals surface area contributed by atoms with Crippen LogP contribution in [0.2, 0.25) is 0 Å². The molecule has 37 heavy (non-hydrogen) atoms. The van der Waals surface area contributed by atoms with E-state index in [1.165, 1.54) is 0 Å². The SMILES string of the molecule is CCN1C(=O)C(C)(C)c2cc3[nH]c(-c4n[nH]c5ccc(NS(=O)(=O)c6cccc(C)c6)cc45)nc3cc21. The monoisotopic (exact) mass is 514 g/mol. The molecule has 0 atom stereocenters. The van der Waals surface area contributed by atoms with Gasteiger partial charge in [-0.3, -0.25) is 14.6 Å². The molecule has 10 heteroatoms. The maximum Gasteiger partial charge on any atom is 0.261 e. The number of hydrogen-bond donors (Lipinski definition) is 3. The van der Waals surface area contributed by atoms with Gasteiger partial charge in [0.1, 0.15) is 5.69 Å². The molecule has 1 aliphatic heterocycles. The van der Waals surface area contributed by atoms with Crippen LogP contribution in [0.1, 0.15) is 31.9 Å². The van der Waals surface area contributed by atoms with E-state index in [1.807, 2.05) is 45.9 Å². The Morgan fingerprint density at radius 1 is 1.05 bits per heavy atom. The lowest BCUT2D eigenvalue weighted by atomic mass is 9.86. The van der Waals surface area contributed by atoms with Gasteiger partial charge in [0.25, 0.3) is 10.0 Å². The number of amides is 1. The highest BCUT2D eigenvalue weighted by molar-refractivity contribution is 7.92. The second-order valence-electron chi connectivity index (χ2n) is 9.90. The summed E-state index contributed by atoms with van der Waals surface area (Å²) >= 11 is 0. The van der Waals surface area contributed by atoms with Crippen molar-refractivity contribution in [2.24, 2.45) is 0 Å². The molecule has 0 saturated heterocycles. The van der Waals surface area contributed by atoms with Crippen molar-refractivity contribution in [3.8, 4) is 11.5 Å². The van der Waals surface area contributed by atoms with Crippen molar-refractivity contribution in [3.63, 3.8) is 0 Å². The topological polar surface area (TPSA) is 124 Å². The van der Waals surface area contributed by atoms with Crippen molar-refractivity contribution in [2.75, 3.05) is 16.2 Å². The Balaban J connectivity index is 1.41. The number of nitrogens with zero attached hydrogens (tertiary/aromatic N) is 3. The van der Waals surface area contributed by atoms with Crippen LogP contribution < -0.4 is 9.62 Å². The van der Waals surface area contributed by atoms with Gasteiger partial charge < -0.3 is 9.88 Å². The van der Waals surface area contributed by atoms with Gasteiger partial charge in [0.15, 0.2) is 5.82 Å². The van der Waals surface area contributed by atoms with Crippen LogP contribution in [0, 0.1) is 6.92 Å². The van der Waals surface area contributed by atoms with Crippen LogP contribution in [0.5, 0.6) is 0 Å². The molecular weight excluding hydrogens is 488 g/mol. The van der Waals surface area contributed by atoms with Gasteiger partial charge in [0, 0.05) is 17.6 Å². The van der Waals surface area contributed by atoms with Crippen molar-refractivity contribution in [2.45, 2.75) is 38.0 Å². The number of carbonyl (C=O) groups is 1. The molecule has 1 aliphatic rings. The Kier molecular flexibility index (Phi) is 4.97. The minimum absolute atomic E-state index is 0.0804. The minimum Gasteiger partial charge on any atom is -0.337 e. The molecule has 2 aromatic heterocycles. The summed E-state index contributed by atoms with van der Waals surface area (Å²) in [5, 5.41) is 8.18. The molecule has 5 aromatic rings. The summed E-state index contributed by atoms with van der Waals surface area (Å²) in [5.74, 6) is 0.632. The number of aromatic nitrogens is 4. The maximum atomic E-state index is 12.9. The van der Waals surface area contributed by atoms with Gasteiger partial charge in [-0.2, -0.15) is 5.10 Å². The van der Waals surface area contributed by atoms with E-state index in [4.69, 9.17) is 4.98 Å². The van der Waals surface area contributed by atoms with E-state index in [0.29, 0.717) is 23.8 Å². The first kappa shape index (κ1) is 23.2. The van der Waals surface area contributed by atoms with Crippen molar-refractivity contribution in [3.05, 3.63) is 65.7 Å². The van der Waals surface area contributed by atoms with Crippen LogP contribution in [0.4, 0.5) is 11.4 Å². The molecule has 0 bridgehead atoms. The highest BCUT2D eigenvalue weighted by Gasteiger charge is 2.43. The van der Waals surface area contributed by atoms with Gasteiger partial charge in [-0.15, -0.1) is 0 Å². The zero-order chi connectivity index (χ0) is 26.1. The smallest absolute Gasteiger partial charge is 0.261 e. The Morgan fingerprint density at radius 2 is 1.86 bits per heavy atom. The van der Waals surface area contributed by atoms with Gasteiger partial charge in [-0.05, 0) is 81.3 Å². The lowest BCUT2D eigenvalue weighted by Crippen LogP contribution is -2.35. The molecule has 0 spiro atoms. The number of aryl methyl sites for hydroxylation is 1. The number of carbonyl (C=O) groups excluding carboxylic acids is 1. The Bertz CT molecular complexity index is 1830. The lowest BCUT2D eigenvalue weighted by Gasteiger charge is -2.18. The van der Waals surface area contributed by atoms with Crippen LogP contribution in [-0.4, -0.2) is 41.0 Å². The number of H-pyrrole nitrogens is 2. The fourth-order valence-electron chi connectivity index (χ4n) is 5.01. The summed E-state index contributed by atoms with van der Waals surface area (Å²) in [6.45, 7) is 8.28. The Labute approximate surface area is 214 Å². The Hall–Kier alpha value is -4.18. The van der Waals surface area contributed by atoms with E-state index >= 15 is 0 Å². The first-order chi connectivity index (χ1) is 17.6. The van der Waals surface area contributed by atoms with Crippen molar-refractivity contribution in [1.29, 1.82) is 0 Å². The van der Waals surface area contributed by atoms with Gasteiger partial charge in [0.05, 0.1) is 32.5 Å². The minimum atomic E-state index is -3.75. The largest absolute Gasteiger partial charge is 0.337 e. The van der Waals surface area contributed by atoms with Gasteiger partial charge in [0.2, 0.25) is 5.91 Å². The zero-order valence-electron chi connectivity index (χ0n) is 20.9. The summed E-state index contributed by atoms with van der Waals surface area (Å²) in [5.41, 5.74) is 5.36. The van der Waals surface area contributed by atoms with E-state index < -0.39 is 15.4 Å². The molecule has 188 valence electrons. The number of imidazole rings is 1. The highest BCUT2D eigenvalue weighted by Crippen LogP contribution is 2.43. The molecule has 0 fully saturated rings. The van der Waals surface area contributed by atoms with Crippen LogP contribution >= 0.6 is 0 Å². The average Bonchev–Trinajstić information content (AvgIpc) is 3.51. The number of anilines is 2. The summed E-state index contributed by atoms with van der Waals surface area (Å²) in [6.07, 6.45) is 0. The van der Waals surface area contributed by atoms with Gasteiger partial charge in [-0.1, -0.05) is 12.1 Å². The summed E-state index contributed by atoms with van der Waals surface area (Å²) in [7, 11) is -3.75. The molecule has 0 unspecified atom stereocenters. The maximum absolute atomic E-state index is 12.9. The third-order valence-electron chi connectivity index (χ3n) is 7.00. The van der Waals surface area contributed by atoms with E-state index in [2.05, 4.69) is 19.9 Å². The first-order valence-electron chi connectivity index (χ1n) is 12.0. The van der Waals surface area contributed by atoms with E-state index in [1.54, 1.807) is 41.3 Å². The number of benzene rings is 3. The number of aromatic amines is 2. The quantitative estimate of drug-likeness (QED) is 0.309. The predicted octanol–water partition coefficient (Wildman–Crippen LogP) is 4.86. The van der Waals surface area contributed by atoms with Gasteiger partial charge in [-0.25, -0.2) is 13.4 Å². The van der Waals surface area contributed by atoms with E-state index in [0.717, 1.165) is 38.8 Å². The molecule has 3 aromatic carbocycles. The number of fused-ring (bicyclic) bond motifs is 3. The molecule has 3 heterocycles. The second-order valence-corrected chi connectivity index (χ2v) is 11.6. The normalized spacial score (nSPS) is 15.0. The number of nitrogens with one attached hydrogen (secondary N) is 3. The second kappa shape index (κ2) is 7.91. The first-order valence-corrected chi connectivity index (χ1v) is 13.5. The summed E-state index contributed by atoms with van der Waals surface area (Å²) < 4.78 is 28.6. The molecular formula is C27H26N6O3S. The van der Waals surface area contributed by atoms with Gasteiger partial charge >= 0.3 is 0 Å². The third-order valence-corrected chi connectivity index (χ3v) is 8.38. The van der Waals surface area contributed by atoms with Crippen LogP contribution in [0.25, 0.3) is 33.5 Å².